The number of benzene rings is 2. The molecule has 1 aromatic heterocycles. The number of hydrogen-bond donors (Lipinski definition) is 2. The molecule has 8 nitrogen and oxygen atoms in total. The number of aromatic nitrogens is 1. The van der Waals surface area contributed by atoms with E-state index < -0.39 is 56.1 Å². The molecule has 2 aliphatic heterocycles. The van der Waals surface area contributed by atoms with Crippen molar-refractivity contribution < 1.29 is 40.9 Å². The maximum atomic E-state index is 13.5. The fourth-order valence-electron chi connectivity index (χ4n) is 5.27. The van der Waals surface area contributed by atoms with Crippen LogP contribution in [-0.2, 0) is 32.1 Å². The summed E-state index contributed by atoms with van der Waals surface area (Å²) in [6.45, 7) is 2.39. The molecule has 37 heavy (non-hydrogen) atoms. The number of aromatic hydroxyl groups is 2. The van der Waals surface area contributed by atoms with Gasteiger partial charge in [0.15, 0.2) is 0 Å². The Morgan fingerprint density at radius 3 is 2.03 bits per heavy atom. The first kappa shape index (κ1) is 25.1. The summed E-state index contributed by atoms with van der Waals surface area (Å²) < 4.78 is 88.6. The topological polar surface area (TPSA) is 116 Å². The van der Waals surface area contributed by atoms with Crippen LogP contribution in [0.25, 0.3) is 5.69 Å². The number of halogens is 4. The van der Waals surface area contributed by atoms with Crippen LogP contribution in [0.15, 0.2) is 47.4 Å². The Bertz CT molecular complexity index is 1550. The highest BCUT2D eigenvalue weighted by Crippen LogP contribution is 2.59. The lowest BCUT2D eigenvalue weighted by Crippen LogP contribution is -2.53. The van der Waals surface area contributed by atoms with Gasteiger partial charge in [-0.3, -0.25) is 4.57 Å². The molecule has 2 aliphatic rings. The molecule has 2 N–H and O–H groups in total. The van der Waals surface area contributed by atoms with Crippen molar-refractivity contribution in [2.75, 3.05) is 13.1 Å². The van der Waals surface area contributed by atoms with E-state index in [0.29, 0.717) is 6.07 Å². The van der Waals surface area contributed by atoms with Crippen LogP contribution in [0.5, 0.6) is 11.8 Å². The third-order valence-electron chi connectivity index (χ3n) is 6.72. The van der Waals surface area contributed by atoms with Crippen molar-refractivity contribution in [2.45, 2.75) is 36.1 Å². The van der Waals surface area contributed by atoms with Crippen LogP contribution in [0.4, 0.5) is 17.6 Å². The number of morpholine rings is 1. The summed E-state index contributed by atoms with van der Waals surface area (Å²) in [7, 11) is -4.13. The zero-order valence-electron chi connectivity index (χ0n) is 19.3. The van der Waals surface area contributed by atoms with Crippen LogP contribution >= 0.6 is 0 Å². The van der Waals surface area contributed by atoms with Crippen molar-refractivity contribution >= 4 is 10.0 Å². The van der Waals surface area contributed by atoms with Gasteiger partial charge >= 0.3 is 6.18 Å². The lowest BCUT2D eigenvalue weighted by atomic mass is 9.94. The summed E-state index contributed by atoms with van der Waals surface area (Å²) in [5, 5.41) is 31.3. The number of nitrogens with zero attached hydrogens (tertiary/aromatic N) is 3. The van der Waals surface area contributed by atoms with Crippen molar-refractivity contribution in [3.8, 4) is 23.5 Å². The molecule has 3 aromatic rings. The van der Waals surface area contributed by atoms with Crippen LogP contribution < -0.4 is 0 Å². The van der Waals surface area contributed by atoms with Crippen LogP contribution in [0.2, 0.25) is 0 Å². The van der Waals surface area contributed by atoms with Gasteiger partial charge in [0.2, 0.25) is 21.8 Å². The van der Waals surface area contributed by atoms with Crippen LogP contribution in [0.1, 0.15) is 36.1 Å². The molecule has 194 valence electrons. The first-order chi connectivity index (χ1) is 17.1. The third-order valence-corrected chi connectivity index (χ3v) is 8.53. The average molecular weight is 537 g/mol. The average Bonchev–Trinajstić information content (AvgIpc) is 3.18. The molecule has 2 atom stereocenters. The van der Waals surface area contributed by atoms with E-state index >= 15 is 0 Å². The standard InChI is InChI=1S/C24H19F4N3O5S/c1-22-11-30(37(34,35)16-7-4-14(25)5-8-16)12-23(2,36-22)19-18(22)20(32)31(21(19)33)15-6-3-13(10-29)17(9-15)24(26,27)28/h3-9,32-33H,11-12H2,1-2H3/t22-,23+. The van der Waals surface area contributed by atoms with E-state index in [1.54, 1.807) is 0 Å². The van der Waals surface area contributed by atoms with Gasteiger partial charge in [0.05, 0.1) is 38.9 Å². The van der Waals surface area contributed by atoms with Gasteiger partial charge in [0.25, 0.3) is 0 Å². The number of nitriles is 1. The Morgan fingerprint density at radius 1 is 1.00 bits per heavy atom. The largest absolute Gasteiger partial charge is 0.494 e. The Hall–Kier alpha value is -3.60. The van der Waals surface area contributed by atoms with Crippen molar-refractivity contribution in [1.29, 1.82) is 5.26 Å². The normalized spacial score (nSPS) is 23.6. The second-order valence-electron chi connectivity index (χ2n) is 9.36. The highest BCUT2D eigenvalue weighted by Gasteiger charge is 2.60. The van der Waals surface area contributed by atoms with Crippen LogP contribution in [0.3, 0.4) is 0 Å². The van der Waals surface area contributed by atoms with Crippen molar-refractivity contribution in [2.24, 2.45) is 0 Å². The predicted octanol–water partition coefficient (Wildman–Crippen LogP) is 4.08. The van der Waals surface area contributed by atoms with Crippen LogP contribution in [-0.4, -0.2) is 40.6 Å². The lowest BCUT2D eigenvalue weighted by molar-refractivity contribution is -0.170. The van der Waals surface area contributed by atoms with Gasteiger partial charge in [-0.1, -0.05) is 0 Å². The summed E-state index contributed by atoms with van der Waals surface area (Å²) in [6, 6.07) is 8.44. The van der Waals surface area contributed by atoms with Crippen molar-refractivity contribution in [1.82, 2.24) is 8.87 Å². The molecule has 0 aliphatic carbocycles. The molecule has 5 rings (SSSR count). The van der Waals surface area contributed by atoms with Gasteiger partial charge in [0, 0.05) is 13.1 Å². The summed E-state index contributed by atoms with van der Waals surface area (Å²) in [5.74, 6) is -1.87. The molecule has 0 saturated carbocycles. The Morgan fingerprint density at radius 2 is 1.54 bits per heavy atom. The minimum Gasteiger partial charge on any atom is -0.494 e. The number of sulfonamides is 1. The lowest BCUT2D eigenvalue weighted by Gasteiger charge is -2.43. The zero-order valence-corrected chi connectivity index (χ0v) is 20.2. The van der Waals surface area contributed by atoms with Crippen molar-refractivity contribution in [3.05, 3.63) is 70.5 Å². The minimum absolute atomic E-state index is 0.0298. The smallest absolute Gasteiger partial charge is 0.417 e. The fraction of sp³-hybridized carbons (Fsp3) is 0.292. The molecule has 2 aromatic carbocycles. The first-order valence-corrected chi connectivity index (χ1v) is 12.3. The van der Waals surface area contributed by atoms with E-state index in [-0.39, 0.29) is 34.8 Å². The Balaban J connectivity index is 1.63. The fourth-order valence-corrected chi connectivity index (χ4v) is 6.88. The second kappa shape index (κ2) is 7.70. The molecule has 0 spiro atoms. The number of alkyl halides is 3. The highest BCUT2D eigenvalue weighted by molar-refractivity contribution is 7.89. The SMILES string of the molecule is C[C@]12CN(S(=O)(=O)c3ccc(F)cc3)C[C@](C)(O1)c1c2c(O)n(-c2ccc(C#N)c(C(F)(F)F)c2)c1O. The molecule has 2 bridgehead atoms. The van der Waals surface area contributed by atoms with E-state index in [9.17, 15) is 36.2 Å². The molecule has 3 heterocycles. The molecule has 0 amide bonds. The molecule has 0 radical (unpaired) electrons. The number of hydrogen-bond acceptors (Lipinski definition) is 6. The predicted molar refractivity (Wildman–Crippen MR) is 120 cm³/mol. The summed E-state index contributed by atoms with van der Waals surface area (Å²) in [5.41, 5.74) is -5.04. The summed E-state index contributed by atoms with van der Waals surface area (Å²) >= 11 is 0. The molecule has 1 fully saturated rings. The molecule has 1 saturated heterocycles. The third kappa shape index (κ3) is 3.58. The summed E-state index contributed by atoms with van der Waals surface area (Å²) in [4.78, 5) is -0.164. The van der Waals surface area contributed by atoms with Crippen molar-refractivity contribution in [3.63, 3.8) is 0 Å². The number of rotatable bonds is 3. The monoisotopic (exact) mass is 537 g/mol. The molecular weight excluding hydrogens is 518 g/mol. The van der Waals surface area contributed by atoms with E-state index in [1.165, 1.54) is 19.9 Å². The van der Waals surface area contributed by atoms with E-state index in [4.69, 9.17) is 10.00 Å². The quantitative estimate of drug-likeness (QED) is 0.487. The van der Waals surface area contributed by atoms with Gasteiger partial charge in [-0.15, -0.1) is 0 Å². The summed E-state index contributed by atoms with van der Waals surface area (Å²) in [6.07, 6.45) is -4.87. The molecule has 13 heteroatoms. The first-order valence-electron chi connectivity index (χ1n) is 10.9. The second-order valence-corrected chi connectivity index (χ2v) is 11.3. The minimum atomic E-state index is -4.87. The zero-order chi connectivity index (χ0) is 27.1. The Labute approximate surface area is 208 Å². The maximum absolute atomic E-state index is 13.5. The van der Waals surface area contributed by atoms with Crippen LogP contribution in [0, 0.1) is 17.1 Å². The highest BCUT2D eigenvalue weighted by atomic mass is 32.2. The van der Waals surface area contributed by atoms with E-state index in [0.717, 1.165) is 45.3 Å². The Kier molecular flexibility index (Phi) is 5.22. The van der Waals surface area contributed by atoms with E-state index in [1.807, 2.05) is 0 Å². The molecule has 0 unspecified atom stereocenters. The number of ether oxygens (including phenoxy) is 1. The van der Waals surface area contributed by atoms with Gasteiger partial charge in [-0.05, 0) is 56.3 Å². The maximum Gasteiger partial charge on any atom is 0.417 e. The van der Waals surface area contributed by atoms with Gasteiger partial charge in [-0.2, -0.15) is 22.7 Å². The number of fused-ring (bicyclic) bond motifs is 5. The van der Waals surface area contributed by atoms with Gasteiger partial charge in [-0.25, -0.2) is 12.8 Å². The van der Waals surface area contributed by atoms with Gasteiger partial charge in [0.1, 0.15) is 17.0 Å². The van der Waals surface area contributed by atoms with Gasteiger partial charge < -0.3 is 14.9 Å². The van der Waals surface area contributed by atoms with E-state index in [2.05, 4.69) is 0 Å². The molecular formula is C24H19F4N3O5S.